The van der Waals surface area contributed by atoms with Gasteiger partial charge in [-0.25, -0.2) is 0 Å². The Labute approximate surface area is 68.0 Å². The van der Waals surface area contributed by atoms with E-state index in [2.05, 4.69) is 0 Å². The van der Waals surface area contributed by atoms with E-state index in [4.69, 9.17) is 10.2 Å². The quantitative estimate of drug-likeness (QED) is 0.614. The average Bonchev–Trinajstić information content (AvgIpc) is 1.87. The number of aliphatic carboxylic acids is 1. The fraction of sp³-hybridized carbons (Fsp3) is 0.875. The molecule has 0 bridgehead atoms. The van der Waals surface area contributed by atoms with E-state index in [1.54, 1.807) is 20.8 Å². The van der Waals surface area contributed by atoms with Gasteiger partial charge in [-0.15, -0.1) is 0 Å². The third-order valence-electron chi connectivity index (χ3n) is 0.865. The van der Waals surface area contributed by atoms with E-state index in [9.17, 15) is 4.79 Å². The van der Waals surface area contributed by atoms with Crippen molar-refractivity contribution in [2.75, 3.05) is 6.61 Å². The normalized spacial score (nSPS) is 9.91. The van der Waals surface area contributed by atoms with Crippen molar-refractivity contribution in [3.8, 4) is 0 Å². The van der Waals surface area contributed by atoms with Crippen LogP contribution in [0.5, 0.6) is 0 Å². The van der Waals surface area contributed by atoms with Gasteiger partial charge < -0.3 is 10.2 Å². The first-order valence-electron chi connectivity index (χ1n) is 3.70. The van der Waals surface area contributed by atoms with Gasteiger partial charge in [0.25, 0.3) is 0 Å². The zero-order valence-electron chi connectivity index (χ0n) is 7.72. The highest BCUT2D eigenvalue weighted by Gasteiger charge is 2.18. The SMILES string of the molecule is CC(C)(C)C(=O)O.CCCO. The molecule has 0 fully saturated rings. The molecule has 0 rings (SSSR count). The Morgan fingerprint density at radius 3 is 1.55 bits per heavy atom. The highest BCUT2D eigenvalue weighted by molar-refractivity contribution is 5.72. The van der Waals surface area contributed by atoms with Gasteiger partial charge in [-0.2, -0.15) is 0 Å². The molecular weight excluding hydrogens is 144 g/mol. The third kappa shape index (κ3) is 12.6. The molecule has 0 aromatic carbocycles. The Morgan fingerprint density at radius 2 is 1.55 bits per heavy atom. The molecule has 0 aromatic heterocycles. The maximum absolute atomic E-state index is 10.0. The number of carboxylic acids is 1. The molecule has 0 aliphatic rings. The minimum absolute atomic E-state index is 0.319. The molecule has 0 saturated heterocycles. The van der Waals surface area contributed by atoms with Crippen LogP contribution in [0.3, 0.4) is 0 Å². The summed E-state index contributed by atoms with van der Waals surface area (Å²) in [7, 11) is 0. The molecule has 0 aliphatic carbocycles. The van der Waals surface area contributed by atoms with Crippen LogP contribution in [0.25, 0.3) is 0 Å². The number of hydrogen-bond donors (Lipinski definition) is 2. The van der Waals surface area contributed by atoms with Crippen LogP contribution in [-0.4, -0.2) is 22.8 Å². The lowest BCUT2D eigenvalue weighted by molar-refractivity contribution is -0.145. The number of aliphatic hydroxyl groups is 1. The van der Waals surface area contributed by atoms with Gasteiger partial charge in [-0.1, -0.05) is 6.92 Å². The molecule has 0 heterocycles. The summed E-state index contributed by atoms with van der Waals surface area (Å²) in [5.41, 5.74) is -0.583. The Kier molecular flexibility index (Phi) is 7.31. The highest BCUT2D eigenvalue weighted by Crippen LogP contribution is 2.11. The van der Waals surface area contributed by atoms with Crippen molar-refractivity contribution in [2.24, 2.45) is 5.41 Å². The fourth-order valence-corrected chi connectivity index (χ4v) is 0. The van der Waals surface area contributed by atoms with E-state index >= 15 is 0 Å². The molecule has 2 N–H and O–H groups in total. The van der Waals surface area contributed by atoms with Gasteiger partial charge in [0.15, 0.2) is 0 Å². The molecule has 0 unspecified atom stereocenters. The van der Waals surface area contributed by atoms with Crippen molar-refractivity contribution in [1.82, 2.24) is 0 Å². The van der Waals surface area contributed by atoms with Gasteiger partial charge in [0.1, 0.15) is 0 Å². The molecule has 0 atom stereocenters. The minimum Gasteiger partial charge on any atom is -0.481 e. The number of aliphatic hydroxyl groups excluding tert-OH is 1. The van der Waals surface area contributed by atoms with Crippen LogP contribution in [0.2, 0.25) is 0 Å². The molecule has 0 aromatic rings. The predicted octanol–water partition coefficient (Wildman–Crippen LogP) is 1.51. The largest absolute Gasteiger partial charge is 0.481 e. The molecule has 0 spiro atoms. The fourth-order valence-electron chi connectivity index (χ4n) is 0. The van der Waals surface area contributed by atoms with Crippen LogP contribution in [0.4, 0.5) is 0 Å². The third-order valence-corrected chi connectivity index (χ3v) is 0.865. The molecule has 0 aliphatic heterocycles. The molecule has 0 saturated carbocycles. The monoisotopic (exact) mass is 162 g/mol. The molecule has 0 amide bonds. The Morgan fingerprint density at radius 1 is 1.36 bits per heavy atom. The number of hydrogen-bond acceptors (Lipinski definition) is 2. The van der Waals surface area contributed by atoms with Crippen LogP contribution < -0.4 is 0 Å². The summed E-state index contributed by atoms with van der Waals surface area (Å²) in [5.74, 6) is -0.757. The minimum atomic E-state index is -0.757. The second-order valence-electron chi connectivity index (χ2n) is 3.28. The van der Waals surface area contributed by atoms with Crippen molar-refractivity contribution >= 4 is 5.97 Å². The second kappa shape index (κ2) is 6.16. The molecule has 11 heavy (non-hydrogen) atoms. The van der Waals surface area contributed by atoms with E-state index in [1.807, 2.05) is 6.92 Å². The number of carboxylic acid groups (broad SMARTS) is 1. The van der Waals surface area contributed by atoms with Crippen molar-refractivity contribution in [3.05, 3.63) is 0 Å². The van der Waals surface area contributed by atoms with Gasteiger partial charge in [-0.05, 0) is 27.2 Å². The van der Waals surface area contributed by atoms with E-state index in [1.165, 1.54) is 0 Å². The Bertz CT molecular complexity index is 100. The average molecular weight is 162 g/mol. The van der Waals surface area contributed by atoms with Crippen molar-refractivity contribution < 1.29 is 15.0 Å². The van der Waals surface area contributed by atoms with Crippen LogP contribution in [0.15, 0.2) is 0 Å². The highest BCUT2D eigenvalue weighted by atomic mass is 16.4. The van der Waals surface area contributed by atoms with Crippen LogP contribution in [-0.2, 0) is 4.79 Å². The van der Waals surface area contributed by atoms with Crippen molar-refractivity contribution in [3.63, 3.8) is 0 Å². The predicted molar refractivity (Wildman–Crippen MR) is 44.5 cm³/mol. The van der Waals surface area contributed by atoms with Gasteiger partial charge in [0.2, 0.25) is 0 Å². The lowest BCUT2D eigenvalue weighted by Gasteiger charge is -2.08. The first kappa shape index (κ1) is 13.1. The second-order valence-corrected chi connectivity index (χ2v) is 3.28. The standard InChI is InChI=1S/C5H10O2.C3H8O/c1-5(2,3)4(6)7;1-2-3-4/h1-3H3,(H,6,7);4H,2-3H2,1H3. The maximum Gasteiger partial charge on any atom is 0.308 e. The summed E-state index contributed by atoms with van der Waals surface area (Å²) in [6, 6.07) is 0. The number of carbonyl (C=O) groups is 1. The molecule has 3 nitrogen and oxygen atoms in total. The van der Waals surface area contributed by atoms with E-state index < -0.39 is 11.4 Å². The summed E-state index contributed by atoms with van der Waals surface area (Å²) in [6.45, 7) is 7.24. The van der Waals surface area contributed by atoms with Crippen molar-refractivity contribution in [1.29, 1.82) is 0 Å². The maximum atomic E-state index is 10.0. The smallest absolute Gasteiger partial charge is 0.308 e. The summed E-state index contributed by atoms with van der Waals surface area (Å²) in [5, 5.41) is 16.1. The first-order valence-corrected chi connectivity index (χ1v) is 3.70. The lowest BCUT2D eigenvalue weighted by Crippen LogP contribution is -2.18. The molecule has 3 heteroatoms. The van der Waals surface area contributed by atoms with Gasteiger partial charge >= 0.3 is 5.97 Å². The van der Waals surface area contributed by atoms with Gasteiger partial charge in [-0.3, -0.25) is 4.79 Å². The molecular formula is C8H18O3. The first-order chi connectivity index (χ1) is 4.86. The molecule has 68 valence electrons. The summed E-state index contributed by atoms with van der Waals surface area (Å²) >= 11 is 0. The van der Waals surface area contributed by atoms with Crippen LogP contribution in [0.1, 0.15) is 34.1 Å². The topological polar surface area (TPSA) is 57.5 Å². The Hall–Kier alpha value is -0.570. The summed E-state index contributed by atoms with van der Waals surface area (Å²) in [4.78, 5) is 10.0. The van der Waals surface area contributed by atoms with Crippen molar-refractivity contribution in [2.45, 2.75) is 34.1 Å². The summed E-state index contributed by atoms with van der Waals surface area (Å²) in [6.07, 6.45) is 0.875. The zero-order valence-corrected chi connectivity index (χ0v) is 7.72. The zero-order chi connectivity index (χ0) is 9.49. The Balaban J connectivity index is 0. The van der Waals surface area contributed by atoms with Gasteiger partial charge in [0, 0.05) is 6.61 Å². The lowest BCUT2D eigenvalue weighted by atomic mass is 9.98. The van der Waals surface area contributed by atoms with Crippen LogP contribution in [0, 0.1) is 5.41 Å². The van der Waals surface area contributed by atoms with E-state index in [-0.39, 0.29) is 0 Å². The van der Waals surface area contributed by atoms with E-state index in [0.29, 0.717) is 6.61 Å². The summed E-state index contributed by atoms with van der Waals surface area (Å²) < 4.78 is 0. The number of rotatable bonds is 1. The molecule has 0 radical (unpaired) electrons. The van der Waals surface area contributed by atoms with E-state index in [0.717, 1.165) is 6.42 Å². The van der Waals surface area contributed by atoms with Crippen LogP contribution >= 0.6 is 0 Å². The van der Waals surface area contributed by atoms with Gasteiger partial charge in [0.05, 0.1) is 5.41 Å².